The SMILES string of the molecule is NC[C@H]1CCC[C@H]1C(=O)NCCN1C(=O)c2ccccc2C1=O. The molecule has 1 aromatic rings. The fourth-order valence-electron chi connectivity index (χ4n) is 3.53. The van der Waals surface area contributed by atoms with Crippen LogP contribution in [0.1, 0.15) is 40.0 Å². The van der Waals surface area contributed by atoms with Crippen LogP contribution in [0.2, 0.25) is 0 Å². The lowest BCUT2D eigenvalue weighted by Crippen LogP contribution is -2.41. The molecule has 122 valence electrons. The van der Waals surface area contributed by atoms with Crippen LogP contribution in [0.15, 0.2) is 24.3 Å². The van der Waals surface area contributed by atoms with E-state index < -0.39 is 0 Å². The maximum Gasteiger partial charge on any atom is 0.261 e. The lowest BCUT2D eigenvalue weighted by Gasteiger charge is -2.19. The minimum atomic E-state index is -0.291. The Morgan fingerprint density at radius 2 is 1.83 bits per heavy atom. The molecule has 3 amide bonds. The molecule has 2 atom stereocenters. The number of amides is 3. The number of fused-ring (bicyclic) bond motifs is 1. The van der Waals surface area contributed by atoms with Crippen LogP contribution in [0.5, 0.6) is 0 Å². The van der Waals surface area contributed by atoms with Crippen LogP contribution < -0.4 is 11.1 Å². The molecule has 3 rings (SSSR count). The van der Waals surface area contributed by atoms with E-state index in [1.807, 2.05) is 0 Å². The van der Waals surface area contributed by atoms with Crippen molar-refractivity contribution in [2.24, 2.45) is 17.6 Å². The molecule has 1 aromatic carbocycles. The molecule has 6 nitrogen and oxygen atoms in total. The molecule has 23 heavy (non-hydrogen) atoms. The molecule has 3 N–H and O–H groups in total. The Morgan fingerprint density at radius 3 is 2.43 bits per heavy atom. The van der Waals surface area contributed by atoms with Crippen molar-refractivity contribution in [3.63, 3.8) is 0 Å². The predicted molar refractivity (Wildman–Crippen MR) is 84.7 cm³/mol. The highest BCUT2D eigenvalue weighted by Crippen LogP contribution is 2.30. The van der Waals surface area contributed by atoms with Crippen molar-refractivity contribution in [1.29, 1.82) is 0 Å². The third kappa shape index (κ3) is 2.86. The van der Waals surface area contributed by atoms with Crippen molar-refractivity contribution in [2.45, 2.75) is 19.3 Å². The molecule has 1 aliphatic heterocycles. The lowest BCUT2D eigenvalue weighted by molar-refractivity contribution is -0.126. The third-order valence-corrected chi connectivity index (χ3v) is 4.81. The number of imide groups is 1. The summed E-state index contributed by atoms with van der Waals surface area (Å²) >= 11 is 0. The number of nitrogens with zero attached hydrogens (tertiary/aromatic N) is 1. The maximum atomic E-state index is 12.2. The van der Waals surface area contributed by atoms with Gasteiger partial charge in [0.15, 0.2) is 0 Å². The van der Waals surface area contributed by atoms with E-state index in [0.29, 0.717) is 17.7 Å². The fraction of sp³-hybridized carbons (Fsp3) is 0.471. The molecule has 1 saturated carbocycles. The van der Waals surface area contributed by atoms with E-state index in [2.05, 4.69) is 5.32 Å². The summed E-state index contributed by atoms with van der Waals surface area (Å²) in [4.78, 5) is 37.8. The summed E-state index contributed by atoms with van der Waals surface area (Å²) in [6.45, 7) is 0.993. The zero-order chi connectivity index (χ0) is 16.4. The average molecular weight is 315 g/mol. The topological polar surface area (TPSA) is 92.5 Å². The first-order valence-electron chi connectivity index (χ1n) is 8.06. The monoisotopic (exact) mass is 315 g/mol. The summed E-state index contributed by atoms with van der Waals surface area (Å²) in [6, 6.07) is 6.78. The molecular weight excluding hydrogens is 294 g/mol. The Morgan fingerprint density at radius 1 is 1.17 bits per heavy atom. The predicted octanol–water partition coefficient (Wildman–Crippen LogP) is 0.774. The number of nitrogens with one attached hydrogen (secondary N) is 1. The van der Waals surface area contributed by atoms with Crippen molar-refractivity contribution >= 4 is 17.7 Å². The van der Waals surface area contributed by atoms with Gasteiger partial charge in [0.05, 0.1) is 11.1 Å². The number of carbonyl (C=O) groups excluding carboxylic acids is 3. The maximum absolute atomic E-state index is 12.2. The smallest absolute Gasteiger partial charge is 0.261 e. The number of hydrogen-bond donors (Lipinski definition) is 2. The van der Waals surface area contributed by atoms with Crippen molar-refractivity contribution < 1.29 is 14.4 Å². The molecule has 0 spiro atoms. The van der Waals surface area contributed by atoms with Crippen LogP contribution in [-0.2, 0) is 4.79 Å². The second kappa shape index (κ2) is 6.50. The number of benzene rings is 1. The zero-order valence-electron chi connectivity index (χ0n) is 13.0. The van der Waals surface area contributed by atoms with Crippen LogP contribution in [0, 0.1) is 11.8 Å². The van der Waals surface area contributed by atoms with E-state index in [9.17, 15) is 14.4 Å². The highest BCUT2D eigenvalue weighted by atomic mass is 16.2. The van der Waals surface area contributed by atoms with E-state index in [-0.39, 0.29) is 42.6 Å². The summed E-state index contributed by atoms with van der Waals surface area (Å²) in [7, 11) is 0. The number of rotatable bonds is 5. The second-order valence-corrected chi connectivity index (χ2v) is 6.13. The van der Waals surface area contributed by atoms with Crippen LogP contribution in [0.25, 0.3) is 0 Å². The van der Waals surface area contributed by atoms with Gasteiger partial charge in [0.25, 0.3) is 11.8 Å². The summed E-state index contributed by atoms with van der Waals surface area (Å²) < 4.78 is 0. The van der Waals surface area contributed by atoms with Crippen molar-refractivity contribution in [1.82, 2.24) is 10.2 Å². The first kappa shape index (κ1) is 15.7. The number of nitrogens with two attached hydrogens (primary N) is 1. The minimum absolute atomic E-state index is 0.0189. The normalized spacial score (nSPS) is 23.3. The van der Waals surface area contributed by atoms with E-state index in [1.54, 1.807) is 24.3 Å². The molecule has 1 heterocycles. The zero-order valence-corrected chi connectivity index (χ0v) is 13.0. The molecule has 0 saturated heterocycles. The van der Waals surface area contributed by atoms with Gasteiger partial charge in [-0.05, 0) is 37.4 Å². The van der Waals surface area contributed by atoms with Gasteiger partial charge in [-0.3, -0.25) is 19.3 Å². The Hall–Kier alpha value is -2.21. The molecule has 0 radical (unpaired) electrons. The second-order valence-electron chi connectivity index (χ2n) is 6.13. The third-order valence-electron chi connectivity index (χ3n) is 4.81. The molecule has 1 fully saturated rings. The first-order valence-corrected chi connectivity index (χ1v) is 8.06. The fourth-order valence-corrected chi connectivity index (χ4v) is 3.53. The van der Waals surface area contributed by atoms with Crippen molar-refractivity contribution in [2.75, 3.05) is 19.6 Å². The standard InChI is InChI=1S/C17H21N3O3/c18-10-11-4-3-7-12(11)15(21)19-8-9-20-16(22)13-5-1-2-6-14(13)17(20)23/h1-2,5-6,11-12H,3-4,7-10,18H2,(H,19,21)/t11-,12-/m1/s1. The highest BCUT2D eigenvalue weighted by molar-refractivity contribution is 6.21. The molecule has 0 bridgehead atoms. The summed E-state index contributed by atoms with van der Waals surface area (Å²) in [5.74, 6) is -0.396. The van der Waals surface area contributed by atoms with Gasteiger partial charge in [-0.15, -0.1) is 0 Å². The quantitative estimate of drug-likeness (QED) is 0.785. The van der Waals surface area contributed by atoms with E-state index in [0.717, 1.165) is 19.3 Å². The van der Waals surface area contributed by atoms with Crippen LogP contribution >= 0.6 is 0 Å². The number of hydrogen-bond acceptors (Lipinski definition) is 4. The van der Waals surface area contributed by atoms with Gasteiger partial charge in [-0.1, -0.05) is 18.6 Å². The first-order chi connectivity index (χ1) is 11.1. The Kier molecular flexibility index (Phi) is 4.43. The van der Waals surface area contributed by atoms with Gasteiger partial charge in [-0.2, -0.15) is 0 Å². The van der Waals surface area contributed by atoms with Gasteiger partial charge in [0.1, 0.15) is 0 Å². The molecule has 1 aliphatic carbocycles. The molecule has 6 heteroatoms. The van der Waals surface area contributed by atoms with E-state index >= 15 is 0 Å². The number of carbonyl (C=O) groups is 3. The van der Waals surface area contributed by atoms with Crippen LogP contribution in [-0.4, -0.2) is 42.3 Å². The van der Waals surface area contributed by atoms with Crippen LogP contribution in [0.4, 0.5) is 0 Å². The van der Waals surface area contributed by atoms with Gasteiger partial charge < -0.3 is 11.1 Å². The van der Waals surface area contributed by atoms with E-state index in [1.165, 1.54) is 4.90 Å². The Balaban J connectivity index is 1.55. The van der Waals surface area contributed by atoms with Gasteiger partial charge in [0, 0.05) is 19.0 Å². The molecular formula is C17H21N3O3. The highest BCUT2D eigenvalue weighted by Gasteiger charge is 2.35. The van der Waals surface area contributed by atoms with Gasteiger partial charge in [-0.25, -0.2) is 0 Å². The van der Waals surface area contributed by atoms with Crippen LogP contribution in [0.3, 0.4) is 0 Å². The molecule has 0 unspecified atom stereocenters. The summed E-state index contributed by atoms with van der Waals surface area (Å²) in [6.07, 6.45) is 2.88. The van der Waals surface area contributed by atoms with Gasteiger partial charge >= 0.3 is 0 Å². The molecule has 0 aromatic heterocycles. The summed E-state index contributed by atoms with van der Waals surface area (Å²) in [5.41, 5.74) is 6.56. The molecule has 2 aliphatic rings. The lowest BCUT2D eigenvalue weighted by atomic mass is 9.95. The van der Waals surface area contributed by atoms with Crippen molar-refractivity contribution in [3.8, 4) is 0 Å². The van der Waals surface area contributed by atoms with Gasteiger partial charge in [0.2, 0.25) is 5.91 Å². The van der Waals surface area contributed by atoms with E-state index in [4.69, 9.17) is 5.73 Å². The average Bonchev–Trinajstić information content (AvgIpc) is 3.14. The minimum Gasteiger partial charge on any atom is -0.354 e. The Bertz CT molecular complexity index is 609. The largest absolute Gasteiger partial charge is 0.354 e. The summed E-state index contributed by atoms with van der Waals surface area (Å²) in [5, 5.41) is 2.84. The van der Waals surface area contributed by atoms with Crippen molar-refractivity contribution in [3.05, 3.63) is 35.4 Å². The Labute approximate surface area is 135 Å².